The second kappa shape index (κ2) is 6.80. The smallest absolute Gasteiger partial charge is 0.276 e. The first-order valence-corrected chi connectivity index (χ1v) is 8.37. The number of hydrogen-bond donors (Lipinski definition) is 2. The van der Waals surface area contributed by atoms with Crippen molar-refractivity contribution < 1.29 is 18.3 Å². The van der Waals surface area contributed by atoms with Crippen molar-refractivity contribution in [3.63, 3.8) is 0 Å². The van der Waals surface area contributed by atoms with E-state index in [0.717, 1.165) is 4.47 Å². The van der Waals surface area contributed by atoms with E-state index in [1.807, 2.05) is 0 Å². The topological polar surface area (TPSA) is 88.0 Å². The highest BCUT2D eigenvalue weighted by Crippen LogP contribution is 2.25. The largest absolute Gasteiger partial charge is 0.504 e. The zero-order valence-corrected chi connectivity index (χ0v) is 13.9. The van der Waals surface area contributed by atoms with Gasteiger partial charge in [-0.25, -0.2) is 4.83 Å². The molecule has 8 heteroatoms. The highest BCUT2D eigenvalue weighted by molar-refractivity contribution is 9.10. The van der Waals surface area contributed by atoms with Crippen molar-refractivity contribution in [2.75, 3.05) is 7.11 Å². The second-order valence-corrected chi connectivity index (χ2v) is 6.81. The normalized spacial score (nSPS) is 11.5. The maximum absolute atomic E-state index is 12.0. The lowest BCUT2D eigenvalue weighted by Gasteiger charge is -2.04. The Bertz CT molecular complexity index is 789. The summed E-state index contributed by atoms with van der Waals surface area (Å²) < 4.78 is 29.8. The first kappa shape index (κ1) is 16.3. The van der Waals surface area contributed by atoms with Crippen LogP contribution in [0.25, 0.3) is 0 Å². The van der Waals surface area contributed by atoms with E-state index in [9.17, 15) is 13.5 Å². The van der Waals surface area contributed by atoms with Crippen LogP contribution in [0.3, 0.4) is 0 Å². The van der Waals surface area contributed by atoms with E-state index in [2.05, 4.69) is 25.9 Å². The van der Waals surface area contributed by atoms with Gasteiger partial charge in [0.1, 0.15) is 0 Å². The highest BCUT2D eigenvalue weighted by atomic mass is 79.9. The van der Waals surface area contributed by atoms with Crippen LogP contribution in [0.4, 0.5) is 0 Å². The Labute approximate surface area is 136 Å². The molecule has 2 N–H and O–H groups in total. The molecule has 0 saturated heterocycles. The molecule has 0 aliphatic carbocycles. The van der Waals surface area contributed by atoms with E-state index >= 15 is 0 Å². The number of nitrogens with one attached hydrogen (secondary N) is 1. The van der Waals surface area contributed by atoms with Crippen molar-refractivity contribution >= 4 is 32.2 Å². The van der Waals surface area contributed by atoms with Crippen LogP contribution in [0.5, 0.6) is 11.5 Å². The monoisotopic (exact) mass is 384 g/mol. The fraction of sp³-hybridized carbons (Fsp3) is 0.0714. The molecule has 0 spiro atoms. The maximum atomic E-state index is 12.0. The van der Waals surface area contributed by atoms with Crippen LogP contribution in [-0.2, 0) is 10.0 Å². The van der Waals surface area contributed by atoms with Gasteiger partial charge in [-0.2, -0.15) is 13.5 Å². The van der Waals surface area contributed by atoms with Crippen molar-refractivity contribution in [2.45, 2.75) is 4.90 Å². The Hall–Kier alpha value is -2.06. The van der Waals surface area contributed by atoms with Crippen LogP contribution in [0.2, 0.25) is 0 Å². The number of phenols is 1. The van der Waals surface area contributed by atoms with Gasteiger partial charge >= 0.3 is 0 Å². The Kier molecular flexibility index (Phi) is 5.04. The first-order chi connectivity index (χ1) is 10.4. The van der Waals surface area contributed by atoms with E-state index in [4.69, 9.17) is 4.74 Å². The minimum absolute atomic E-state index is 0.00454. The lowest BCUT2D eigenvalue weighted by Crippen LogP contribution is -2.18. The molecule has 0 aliphatic rings. The summed E-state index contributed by atoms with van der Waals surface area (Å²) in [6.45, 7) is 0. The number of hydrazone groups is 1. The summed E-state index contributed by atoms with van der Waals surface area (Å²) in [5, 5.41) is 13.2. The summed E-state index contributed by atoms with van der Waals surface area (Å²) in [5.74, 6) is 0.273. The van der Waals surface area contributed by atoms with Gasteiger partial charge in [0.25, 0.3) is 10.0 Å². The fourth-order valence-electron chi connectivity index (χ4n) is 1.61. The fourth-order valence-corrected chi connectivity index (χ4v) is 2.67. The van der Waals surface area contributed by atoms with Crippen molar-refractivity contribution in [3.05, 3.63) is 52.5 Å². The number of methoxy groups -OCH3 is 1. The number of halogens is 1. The molecule has 2 aromatic rings. The van der Waals surface area contributed by atoms with E-state index in [1.165, 1.54) is 37.6 Å². The van der Waals surface area contributed by atoms with Crippen LogP contribution in [0.1, 0.15) is 5.56 Å². The van der Waals surface area contributed by atoms with Gasteiger partial charge < -0.3 is 9.84 Å². The van der Waals surface area contributed by atoms with Crippen LogP contribution in [0.15, 0.2) is 56.9 Å². The third-order valence-corrected chi connectivity index (χ3v) is 4.48. The molecule has 2 aromatic carbocycles. The number of sulfonamides is 1. The summed E-state index contributed by atoms with van der Waals surface area (Å²) in [5.41, 5.74) is 0.577. The Morgan fingerprint density at radius 1 is 1.23 bits per heavy atom. The molecule has 0 unspecified atom stereocenters. The molecule has 0 heterocycles. The van der Waals surface area contributed by atoms with Crippen molar-refractivity contribution in [1.29, 1.82) is 0 Å². The van der Waals surface area contributed by atoms with Gasteiger partial charge in [-0.3, -0.25) is 0 Å². The highest BCUT2D eigenvalue weighted by Gasteiger charge is 2.11. The molecule has 0 amide bonds. The number of aromatic hydroxyl groups is 1. The molecular formula is C14H13BrN2O4S. The summed E-state index contributed by atoms with van der Waals surface area (Å²) in [4.78, 5) is 2.23. The quantitative estimate of drug-likeness (QED) is 0.612. The third-order valence-electron chi connectivity index (χ3n) is 2.71. The molecule has 0 atom stereocenters. The number of rotatable bonds is 5. The third kappa shape index (κ3) is 3.99. The molecule has 0 aromatic heterocycles. The number of benzene rings is 2. The molecule has 116 valence electrons. The Balaban J connectivity index is 2.13. The van der Waals surface area contributed by atoms with Crippen molar-refractivity contribution in [3.8, 4) is 11.5 Å². The molecule has 0 aliphatic heterocycles. The zero-order valence-electron chi connectivity index (χ0n) is 11.5. The van der Waals surface area contributed by atoms with E-state index in [1.54, 1.807) is 18.2 Å². The van der Waals surface area contributed by atoms with Crippen molar-refractivity contribution in [1.82, 2.24) is 4.83 Å². The predicted molar refractivity (Wildman–Crippen MR) is 86.7 cm³/mol. The number of nitrogens with zero attached hydrogens (tertiary/aromatic N) is 1. The van der Waals surface area contributed by atoms with Gasteiger partial charge in [0.05, 0.1) is 18.2 Å². The molecule has 22 heavy (non-hydrogen) atoms. The zero-order chi connectivity index (χ0) is 16.2. The summed E-state index contributed by atoms with van der Waals surface area (Å²) >= 11 is 3.24. The minimum Gasteiger partial charge on any atom is -0.504 e. The standard InChI is InChI=1S/C14H13BrN2O4S/c1-21-14-8-10(2-7-13(14)18)9-16-17-22(19,20)12-5-3-11(15)4-6-12/h2-9,17-18H,1H3. The van der Waals surface area contributed by atoms with Gasteiger partial charge in [-0.1, -0.05) is 15.9 Å². The SMILES string of the molecule is COc1cc(C=NNS(=O)(=O)c2ccc(Br)cc2)ccc1O. The average Bonchev–Trinajstić information content (AvgIpc) is 2.49. The lowest BCUT2D eigenvalue weighted by molar-refractivity contribution is 0.373. The lowest BCUT2D eigenvalue weighted by atomic mass is 10.2. The second-order valence-electron chi connectivity index (χ2n) is 4.24. The number of phenolic OH excluding ortho intramolecular Hbond substituents is 1. The molecular weight excluding hydrogens is 372 g/mol. The molecule has 6 nitrogen and oxygen atoms in total. The van der Waals surface area contributed by atoms with Gasteiger partial charge in [-0.05, 0) is 48.0 Å². The van der Waals surface area contributed by atoms with Gasteiger partial charge in [-0.15, -0.1) is 0 Å². The average molecular weight is 385 g/mol. The van der Waals surface area contributed by atoms with Crippen LogP contribution in [-0.4, -0.2) is 26.8 Å². The molecule has 0 radical (unpaired) electrons. The summed E-state index contributed by atoms with van der Waals surface area (Å²) in [6.07, 6.45) is 1.32. The molecule has 2 rings (SSSR count). The predicted octanol–water partition coefficient (Wildman–Crippen LogP) is 2.48. The molecule has 0 fully saturated rings. The minimum atomic E-state index is -3.72. The Morgan fingerprint density at radius 3 is 2.55 bits per heavy atom. The number of ether oxygens (including phenoxy) is 1. The molecule has 0 saturated carbocycles. The number of hydrogen-bond acceptors (Lipinski definition) is 5. The van der Waals surface area contributed by atoms with Gasteiger partial charge in [0.2, 0.25) is 0 Å². The summed E-state index contributed by atoms with van der Waals surface area (Å²) in [6, 6.07) is 10.7. The molecule has 0 bridgehead atoms. The summed E-state index contributed by atoms with van der Waals surface area (Å²) in [7, 11) is -2.30. The maximum Gasteiger partial charge on any atom is 0.276 e. The van der Waals surface area contributed by atoms with Gasteiger partial charge in [0, 0.05) is 4.47 Å². The van der Waals surface area contributed by atoms with E-state index in [0.29, 0.717) is 5.56 Å². The van der Waals surface area contributed by atoms with E-state index < -0.39 is 10.0 Å². The van der Waals surface area contributed by atoms with Crippen LogP contribution in [0, 0.1) is 0 Å². The first-order valence-electron chi connectivity index (χ1n) is 6.10. The Morgan fingerprint density at radius 2 is 1.91 bits per heavy atom. The van der Waals surface area contributed by atoms with Crippen LogP contribution < -0.4 is 9.57 Å². The van der Waals surface area contributed by atoms with E-state index in [-0.39, 0.29) is 16.4 Å². The van der Waals surface area contributed by atoms with Crippen molar-refractivity contribution in [2.24, 2.45) is 5.10 Å². The van der Waals surface area contributed by atoms with Crippen LogP contribution >= 0.6 is 15.9 Å². The van der Waals surface area contributed by atoms with Gasteiger partial charge in [0.15, 0.2) is 11.5 Å².